The van der Waals surface area contributed by atoms with Gasteiger partial charge in [-0.15, -0.1) is 5.06 Å². The van der Waals surface area contributed by atoms with E-state index in [0.29, 0.717) is 11.5 Å². The third-order valence-corrected chi connectivity index (χ3v) is 2.66. The Morgan fingerprint density at radius 2 is 1.89 bits per heavy atom. The van der Waals surface area contributed by atoms with Crippen molar-refractivity contribution in [1.82, 2.24) is 5.06 Å². The number of nitrogens with zero attached hydrogens (tertiary/aromatic N) is 1. The molecule has 0 aliphatic carbocycles. The van der Waals surface area contributed by atoms with Crippen LogP contribution in [0.5, 0.6) is 0 Å². The van der Waals surface area contributed by atoms with Crippen molar-refractivity contribution in [3.63, 3.8) is 0 Å². The van der Waals surface area contributed by atoms with Crippen LogP contribution in [0.15, 0.2) is 0 Å². The minimum Gasteiger partial charge on any atom is -0.369 e. The molecule has 1 aliphatic rings. The Kier molecular flexibility index (Phi) is 4.82. The molecular formula is C11H16N2O5. The van der Waals surface area contributed by atoms with E-state index in [1.165, 1.54) is 0 Å². The van der Waals surface area contributed by atoms with E-state index >= 15 is 0 Å². The summed E-state index contributed by atoms with van der Waals surface area (Å²) in [6.07, 6.45) is 1.70. The van der Waals surface area contributed by atoms with Gasteiger partial charge in [-0.05, 0) is 6.42 Å². The van der Waals surface area contributed by atoms with Crippen molar-refractivity contribution in [2.75, 3.05) is 0 Å². The second kappa shape index (κ2) is 6.13. The van der Waals surface area contributed by atoms with Gasteiger partial charge < -0.3 is 10.6 Å². The van der Waals surface area contributed by atoms with Crippen LogP contribution in [0, 0.1) is 5.92 Å². The first-order valence-electron chi connectivity index (χ1n) is 5.84. The maximum atomic E-state index is 11.7. The normalized spacial score (nSPS) is 16.8. The summed E-state index contributed by atoms with van der Waals surface area (Å²) in [6.45, 7) is 1.90. The Morgan fingerprint density at radius 3 is 2.33 bits per heavy atom. The molecule has 1 aliphatic heterocycles. The first-order valence-corrected chi connectivity index (χ1v) is 5.84. The molecule has 1 rings (SSSR count). The molecule has 1 saturated heterocycles. The van der Waals surface area contributed by atoms with Gasteiger partial charge in [0.1, 0.15) is 5.92 Å². The predicted molar refractivity (Wildman–Crippen MR) is 59.4 cm³/mol. The molecule has 7 heteroatoms. The van der Waals surface area contributed by atoms with E-state index < -0.39 is 29.6 Å². The molecule has 0 aromatic carbocycles. The van der Waals surface area contributed by atoms with Gasteiger partial charge in [0.05, 0.1) is 0 Å². The zero-order chi connectivity index (χ0) is 13.7. The number of carbonyl (C=O) groups excluding carboxylic acids is 4. The topological polar surface area (TPSA) is 107 Å². The van der Waals surface area contributed by atoms with Gasteiger partial charge in [-0.3, -0.25) is 14.4 Å². The lowest BCUT2D eigenvalue weighted by Gasteiger charge is -2.16. The number of hydrogen-bond donors (Lipinski definition) is 1. The number of imide groups is 1. The number of carbonyl (C=O) groups is 4. The first-order chi connectivity index (χ1) is 8.47. The molecular weight excluding hydrogens is 240 g/mol. The van der Waals surface area contributed by atoms with Crippen molar-refractivity contribution < 1.29 is 24.0 Å². The quantitative estimate of drug-likeness (QED) is 0.527. The molecule has 0 aromatic heterocycles. The summed E-state index contributed by atoms with van der Waals surface area (Å²) in [7, 11) is 0. The van der Waals surface area contributed by atoms with E-state index in [1.807, 2.05) is 6.92 Å². The summed E-state index contributed by atoms with van der Waals surface area (Å²) < 4.78 is 0. The van der Waals surface area contributed by atoms with Crippen LogP contribution >= 0.6 is 0 Å². The fraction of sp³-hybridized carbons (Fsp3) is 0.636. The van der Waals surface area contributed by atoms with Crippen molar-refractivity contribution in [3.05, 3.63) is 0 Å². The Hall–Kier alpha value is -1.92. The van der Waals surface area contributed by atoms with Crippen LogP contribution < -0.4 is 5.73 Å². The highest BCUT2D eigenvalue weighted by Gasteiger charge is 2.36. The number of amides is 3. The lowest BCUT2D eigenvalue weighted by Crippen LogP contribution is -2.38. The maximum Gasteiger partial charge on any atom is 0.345 e. The van der Waals surface area contributed by atoms with E-state index in [-0.39, 0.29) is 19.3 Å². The summed E-state index contributed by atoms with van der Waals surface area (Å²) in [6, 6.07) is 0. The van der Waals surface area contributed by atoms with Crippen molar-refractivity contribution in [1.29, 1.82) is 0 Å². The number of rotatable bonds is 6. The SMILES string of the molecule is CCCCC(C(N)=O)C(=O)ON1C(=O)CCC1=O. The zero-order valence-corrected chi connectivity index (χ0v) is 10.2. The molecule has 7 nitrogen and oxygen atoms in total. The fourth-order valence-electron chi connectivity index (χ4n) is 1.60. The summed E-state index contributed by atoms with van der Waals surface area (Å²) >= 11 is 0. The van der Waals surface area contributed by atoms with E-state index in [2.05, 4.69) is 4.84 Å². The largest absolute Gasteiger partial charge is 0.369 e. The molecule has 3 amide bonds. The Balaban J connectivity index is 2.63. The average Bonchev–Trinajstić information content (AvgIpc) is 2.61. The molecule has 2 N–H and O–H groups in total. The number of hydrogen-bond acceptors (Lipinski definition) is 5. The maximum absolute atomic E-state index is 11.7. The van der Waals surface area contributed by atoms with Crippen LogP contribution in [0.1, 0.15) is 39.0 Å². The lowest BCUT2D eigenvalue weighted by atomic mass is 10.0. The molecule has 0 saturated carbocycles. The van der Waals surface area contributed by atoms with Gasteiger partial charge in [0.2, 0.25) is 5.91 Å². The zero-order valence-electron chi connectivity index (χ0n) is 10.2. The van der Waals surface area contributed by atoms with Crippen molar-refractivity contribution >= 4 is 23.7 Å². The summed E-state index contributed by atoms with van der Waals surface area (Å²) in [5.74, 6) is -4.03. The molecule has 0 radical (unpaired) electrons. The third kappa shape index (κ3) is 3.28. The molecule has 0 aromatic rings. The number of hydroxylamine groups is 2. The summed E-state index contributed by atoms with van der Waals surface area (Å²) in [5, 5.41) is 0.421. The van der Waals surface area contributed by atoms with E-state index in [0.717, 1.165) is 6.42 Å². The van der Waals surface area contributed by atoms with Crippen LogP contribution in [0.25, 0.3) is 0 Å². The highest BCUT2D eigenvalue weighted by Crippen LogP contribution is 2.16. The Morgan fingerprint density at radius 1 is 1.33 bits per heavy atom. The first kappa shape index (κ1) is 14.1. The fourth-order valence-corrected chi connectivity index (χ4v) is 1.60. The highest BCUT2D eigenvalue weighted by atomic mass is 16.7. The standard InChI is InChI=1S/C11H16N2O5/c1-2-3-4-7(10(12)16)11(17)18-13-8(14)5-6-9(13)15/h7H,2-6H2,1H3,(H2,12,16). The average molecular weight is 256 g/mol. The van der Waals surface area contributed by atoms with Gasteiger partial charge >= 0.3 is 5.97 Å². The van der Waals surface area contributed by atoms with Gasteiger partial charge in [0.25, 0.3) is 11.8 Å². The van der Waals surface area contributed by atoms with Crippen molar-refractivity contribution in [3.8, 4) is 0 Å². The summed E-state index contributed by atoms with van der Waals surface area (Å²) in [4.78, 5) is 49.9. The number of nitrogens with two attached hydrogens (primary N) is 1. The van der Waals surface area contributed by atoms with Gasteiger partial charge in [-0.1, -0.05) is 19.8 Å². The van der Waals surface area contributed by atoms with E-state index in [9.17, 15) is 19.2 Å². The molecule has 18 heavy (non-hydrogen) atoms. The van der Waals surface area contributed by atoms with Gasteiger partial charge in [-0.2, -0.15) is 0 Å². The van der Waals surface area contributed by atoms with Crippen LogP contribution in [0.2, 0.25) is 0 Å². The van der Waals surface area contributed by atoms with Gasteiger partial charge in [0.15, 0.2) is 0 Å². The smallest absolute Gasteiger partial charge is 0.345 e. The minimum atomic E-state index is -1.12. The van der Waals surface area contributed by atoms with Gasteiger partial charge in [-0.25, -0.2) is 4.79 Å². The van der Waals surface area contributed by atoms with Crippen LogP contribution in [0.3, 0.4) is 0 Å². The highest BCUT2D eigenvalue weighted by molar-refractivity contribution is 6.03. The molecule has 0 bridgehead atoms. The Bertz CT molecular complexity index is 364. The molecule has 1 unspecified atom stereocenters. The van der Waals surface area contributed by atoms with Crippen LogP contribution in [-0.2, 0) is 24.0 Å². The lowest BCUT2D eigenvalue weighted by molar-refractivity contribution is -0.201. The van der Waals surface area contributed by atoms with Crippen molar-refractivity contribution in [2.24, 2.45) is 11.7 Å². The number of unbranched alkanes of at least 4 members (excludes halogenated alkanes) is 1. The van der Waals surface area contributed by atoms with Crippen molar-refractivity contribution in [2.45, 2.75) is 39.0 Å². The molecule has 0 spiro atoms. The van der Waals surface area contributed by atoms with E-state index in [4.69, 9.17) is 5.73 Å². The monoisotopic (exact) mass is 256 g/mol. The molecule has 1 fully saturated rings. The third-order valence-electron chi connectivity index (χ3n) is 2.66. The second-order valence-electron chi connectivity index (χ2n) is 4.09. The second-order valence-corrected chi connectivity index (χ2v) is 4.09. The van der Waals surface area contributed by atoms with Crippen LogP contribution in [0.4, 0.5) is 0 Å². The van der Waals surface area contributed by atoms with Crippen LogP contribution in [-0.4, -0.2) is 28.8 Å². The summed E-state index contributed by atoms with van der Waals surface area (Å²) in [5.41, 5.74) is 5.09. The molecule has 100 valence electrons. The Labute approximate surface area is 104 Å². The van der Waals surface area contributed by atoms with E-state index in [1.54, 1.807) is 0 Å². The predicted octanol–water partition coefficient (Wildman–Crippen LogP) is -0.115. The van der Waals surface area contributed by atoms with Gasteiger partial charge in [0, 0.05) is 12.8 Å². The molecule has 1 atom stereocenters. The molecule has 1 heterocycles. The number of primary amides is 1. The minimum absolute atomic E-state index is 0.0162.